The molecule has 0 amide bonds. The molecule has 0 aliphatic heterocycles. The zero-order valence-electron chi connectivity index (χ0n) is 8.72. The molecule has 0 radical (unpaired) electrons. The topological polar surface area (TPSA) is 0 Å². The molecule has 2 heteroatoms. The van der Waals surface area contributed by atoms with E-state index >= 15 is 0 Å². The Morgan fingerprint density at radius 1 is 1.27 bits per heavy atom. The van der Waals surface area contributed by atoms with Crippen LogP contribution in [0.5, 0.6) is 0 Å². The fourth-order valence-electron chi connectivity index (χ4n) is 0.893. The van der Waals surface area contributed by atoms with Crippen molar-refractivity contribution in [3.63, 3.8) is 0 Å². The largest absolute Gasteiger partial charge is 0.0979 e. The Labute approximate surface area is 99.6 Å². The van der Waals surface area contributed by atoms with E-state index in [1.165, 1.54) is 9.80 Å². The molecular formula is C13H14S2. The molecule has 0 aliphatic carbocycles. The van der Waals surface area contributed by atoms with Crippen molar-refractivity contribution in [1.29, 1.82) is 0 Å². The standard InChI is InChI=1S/C13H14S2/c1-3-5-9-12(4-2)14-15-13-10-7-6-8-11-13/h3-11H,2H2,1H3/b5-3-,12-9+. The average molecular weight is 234 g/mol. The lowest BCUT2D eigenvalue weighted by Gasteiger charge is -2.00. The number of hydrogen-bond donors (Lipinski definition) is 0. The van der Waals surface area contributed by atoms with Gasteiger partial charge in [-0.1, -0.05) is 64.6 Å². The molecule has 1 rings (SSSR count). The second-order valence-corrected chi connectivity index (χ2v) is 5.05. The lowest BCUT2D eigenvalue weighted by molar-refractivity contribution is 1.48. The summed E-state index contributed by atoms with van der Waals surface area (Å²) in [5.74, 6) is 0. The van der Waals surface area contributed by atoms with Crippen LogP contribution in [0.2, 0.25) is 0 Å². The van der Waals surface area contributed by atoms with Gasteiger partial charge in [-0.05, 0) is 25.1 Å². The number of benzene rings is 1. The summed E-state index contributed by atoms with van der Waals surface area (Å²) < 4.78 is 0. The normalized spacial score (nSPS) is 11.9. The third kappa shape index (κ3) is 4.96. The quantitative estimate of drug-likeness (QED) is 0.515. The molecule has 0 saturated heterocycles. The van der Waals surface area contributed by atoms with E-state index in [1.807, 2.05) is 43.4 Å². The Kier molecular flexibility index (Phi) is 6.05. The van der Waals surface area contributed by atoms with Crippen molar-refractivity contribution in [3.8, 4) is 0 Å². The Morgan fingerprint density at radius 2 is 2.00 bits per heavy atom. The van der Waals surface area contributed by atoms with Crippen molar-refractivity contribution in [1.82, 2.24) is 0 Å². The summed E-state index contributed by atoms with van der Waals surface area (Å²) >= 11 is 0. The number of hydrogen-bond acceptors (Lipinski definition) is 2. The highest BCUT2D eigenvalue weighted by molar-refractivity contribution is 8.78. The fourth-order valence-corrected chi connectivity index (χ4v) is 2.84. The van der Waals surface area contributed by atoms with E-state index in [0.29, 0.717) is 0 Å². The highest BCUT2D eigenvalue weighted by Crippen LogP contribution is 2.36. The molecule has 78 valence electrons. The smallest absolute Gasteiger partial charge is 0.0186 e. The molecule has 0 fully saturated rings. The molecule has 15 heavy (non-hydrogen) atoms. The highest BCUT2D eigenvalue weighted by atomic mass is 33.1. The molecule has 0 aliphatic rings. The molecule has 0 N–H and O–H groups in total. The predicted molar refractivity (Wildman–Crippen MR) is 73.0 cm³/mol. The first-order valence-electron chi connectivity index (χ1n) is 4.72. The molecule has 0 unspecified atom stereocenters. The van der Waals surface area contributed by atoms with Gasteiger partial charge in [-0.15, -0.1) is 0 Å². The van der Waals surface area contributed by atoms with E-state index in [4.69, 9.17) is 0 Å². The van der Waals surface area contributed by atoms with Gasteiger partial charge in [0.25, 0.3) is 0 Å². The number of allylic oxidation sites excluding steroid dienone is 4. The molecule has 0 aromatic heterocycles. The first-order chi connectivity index (χ1) is 7.36. The van der Waals surface area contributed by atoms with E-state index in [2.05, 4.69) is 24.8 Å². The molecule has 0 nitrogen and oxygen atoms in total. The zero-order valence-corrected chi connectivity index (χ0v) is 10.4. The zero-order chi connectivity index (χ0) is 10.9. The van der Waals surface area contributed by atoms with E-state index in [1.54, 1.807) is 21.6 Å². The fraction of sp³-hybridized carbons (Fsp3) is 0.0769. The first-order valence-corrected chi connectivity index (χ1v) is 6.87. The lowest BCUT2D eigenvalue weighted by Crippen LogP contribution is -1.67. The molecule has 0 bridgehead atoms. The van der Waals surface area contributed by atoms with Gasteiger partial charge in [0.1, 0.15) is 0 Å². The summed E-state index contributed by atoms with van der Waals surface area (Å²) in [6.07, 6.45) is 7.97. The number of rotatable bonds is 5. The van der Waals surface area contributed by atoms with Gasteiger partial charge in [-0.3, -0.25) is 0 Å². The van der Waals surface area contributed by atoms with Crippen molar-refractivity contribution in [2.75, 3.05) is 0 Å². The van der Waals surface area contributed by atoms with Crippen molar-refractivity contribution in [2.45, 2.75) is 11.8 Å². The molecule has 1 aromatic rings. The SMILES string of the molecule is C=C/C(=C\C=C/C)SSc1ccccc1. The van der Waals surface area contributed by atoms with Crippen LogP contribution in [0.4, 0.5) is 0 Å². The van der Waals surface area contributed by atoms with E-state index in [0.717, 1.165) is 0 Å². The van der Waals surface area contributed by atoms with Gasteiger partial charge >= 0.3 is 0 Å². The van der Waals surface area contributed by atoms with Gasteiger partial charge < -0.3 is 0 Å². The summed E-state index contributed by atoms with van der Waals surface area (Å²) in [6, 6.07) is 10.3. The van der Waals surface area contributed by atoms with Crippen molar-refractivity contribution in [3.05, 3.63) is 66.1 Å². The minimum atomic E-state index is 1.17. The Bertz CT molecular complexity index is 350. The van der Waals surface area contributed by atoms with Crippen LogP contribution in [-0.4, -0.2) is 0 Å². The lowest BCUT2D eigenvalue weighted by atomic mass is 10.4. The van der Waals surface area contributed by atoms with Crippen LogP contribution in [0.3, 0.4) is 0 Å². The molecule has 0 saturated carbocycles. The first kappa shape index (κ1) is 12.2. The van der Waals surface area contributed by atoms with Gasteiger partial charge in [0, 0.05) is 9.80 Å². The second-order valence-electron chi connectivity index (χ2n) is 2.78. The van der Waals surface area contributed by atoms with Gasteiger partial charge in [-0.25, -0.2) is 0 Å². The predicted octanol–water partition coefficient (Wildman–Crippen LogP) is 5.07. The van der Waals surface area contributed by atoms with Crippen molar-refractivity contribution in [2.24, 2.45) is 0 Å². The minimum absolute atomic E-state index is 1.17. The Hall–Kier alpha value is -0.860. The van der Waals surface area contributed by atoms with Crippen LogP contribution in [0.1, 0.15) is 6.92 Å². The van der Waals surface area contributed by atoms with E-state index < -0.39 is 0 Å². The van der Waals surface area contributed by atoms with Crippen LogP contribution in [-0.2, 0) is 0 Å². The van der Waals surface area contributed by atoms with E-state index in [-0.39, 0.29) is 0 Å². The molecule has 0 atom stereocenters. The summed E-state index contributed by atoms with van der Waals surface area (Å²) in [4.78, 5) is 2.43. The van der Waals surface area contributed by atoms with Crippen molar-refractivity contribution < 1.29 is 0 Å². The maximum atomic E-state index is 3.79. The summed E-state index contributed by atoms with van der Waals surface area (Å²) in [5.41, 5.74) is 0. The highest BCUT2D eigenvalue weighted by Gasteiger charge is 1.95. The Morgan fingerprint density at radius 3 is 2.60 bits per heavy atom. The second kappa shape index (κ2) is 7.43. The van der Waals surface area contributed by atoms with Crippen LogP contribution >= 0.6 is 21.6 Å². The van der Waals surface area contributed by atoms with Crippen LogP contribution < -0.4 is 0 Å². The Balaban J connectivity index is 2.52. The summed E-state index contributed by atoms with van der Waals surface area (Å²) in [6.45, 7) is 5.80. The van der Waals surface area contributed by atoms with Crippen LogP contribution in [0, 0.1) is 0 Å². The minimum Gasteiger partial charge on any atom is -0.0979 e. The van der Waals surface area contributed by atoms with Gasteiger partial charge in [0.05, 0.1) is 0 Å². The third-order valence-electron chi connectivity index (χ3n) is 1.63. The maximum absolute atomic E-state index is 3.79. The monoisotopic (exact) mass is 234 g/mol. The molecule has 0 spiro atoms. The van der Waals surface area contributed by atoms with Crippen LogP contribution in [0.25, 0.3) is 0 Å². The summed E-state index contributed by atoms with van der Waals surface area (Å²) in [7, 11) is 3.47. The maximum Gasteiger partial charge on any atom is 0.0186 e. The van der Waals surface area contributed by atoms with Crippen LogP contribution in [0.15, 0.2) is 71.0 Å². The molecule has 1 aromatic carbocycles. The van der Waals surface area contributed by atoms with Crippen molar-refractivity contribution >= 4 is 21.6 Å². The average Bonchev–Trinajstić information content (AvgIpc) is 2.31. The molecular weight excluding hydrogens is 220 g/mol. The van der Waals surface area contributed by atoms with E-state index in [9.17, 15) is 0 Å². The third-order valence-corrected chi connectivity index (χ3v) is 4.08. The van der Waals surface area contributed by atoms with Gasteiger partial charge in [0.15, 0.2) is 0 Å². The molecule has 0 heterocycles. The van der Waals surface area contributed by atoms with Gasteiger partial charge in [-0.2, -0.15) is 0 Å². The van der Waals surface area contributed by atoms with Gasteiger partial charge in [0.2, 0.25) is 0 Å². The summed E-state index contributed by atoms with van der Waals surface area (Å²) in [5, 5.41) is 0.